The number of carbonyl (C=O) groups is 4. The van der Waals surface area contributed by atoms with E-state index >= 15 is 0 Å². The molecule has 2 atom stereocenters. The van der Waals surface area contributed by atoms with Gasteiger partial charge in [-0.25, -0.2) is 19.2 Å². The molecule has 0 heterocycles. The van der Waals surface area contributed by atoms with Gasteiger partial charge in [0.1, 0.15) is 23.3 Å². The highest BCUT2D eigenvalue weighted by molar-refractivity contribution is 8.76. The molecular formula is C18H32N2O8S2. The molecule has 0 aliphatic rings. The van der Waals surface area contributed by atoms with E-state index in [1.807, 2.05) is 0 Å². The summed E-state index contributed by atoms with van der Waals surface area (Å²) >= 11 is 0. The number of amides is 2. The third-order valence-electron chi connectivity index (χ3n) is 3.04. The molecule has 0 unspecified atom stereocenters. The Morgan fingerprint density at radius 3 is 1.27 bits per heavy atom. The Morgan fingerprint density at radius 1 is 0.733 bits per heavy atom. The van der Waals surface area contributed by atoms with Gasteiger partial charge in [0.05, 0.1) is 0 Å². The Kier molecular flexibility index (Phi) is 12.0. The number of carboxylic acid groups (broad SMARTS) is 2. The zero-order chi connectivity index (χ0) is 23.5. The Bertz CT molecular complexity index is 550. The summed E-state index contributed by atoms with van der Waals surface area (Å²) in [6.45, 7) is 10.1. The molecule has 0 radical (unpaired) electrons. The van der Waals surface area contributed by atoms with E-state index in [-0.39, 0.29) is 12.8 Å². The van der Waals surface area contributed by atoms with E-state index in [1.165, 1.54) is 21.6 Å². The first-order valence-electron chi connectivity index (χ1n) is 9.30. The van der Waals surface area contributed by atoms with Gasteiger partial charge in [0.25, 0.3) is 0 Å². The van der Waals surface area contributed by atoms with Gasteiger partial charge < -0.3 is 30.3 Å². The van der Waals surface area contributed by atoms with Crippen LogP contribution < -0.4 is 10.6 Å². The molecule has 0 aliphatic carbocycles. The number of ether oxygens (including phenoxy) is 2. The fraction of sp³-hybridized carbons (Fsp3) is 0.778. The van der Waals surface area contributed by atoms with Gasteiger partial charge in [-0.2, -0.15) is 0 Å². The predicted molar refractivity (Wildman–Crippen MR) is 116 cm³/mol. The molecule has 0 saturated carbocycles. The second kappa shape index (κ2) is 12.8. The summed E-state index contributed by atoms with van der Waals surface area (Å²) in [5.41, 5.74) is -1.46. The van der Waals surface area contributed by atoms with Crippen LogP contribution >= 0.6 is 21.6 Å². The van der Waals surface area contributed by atoms with Crippen molar-refractivity contribution in [3.63, 3.8) is 0 Å². The monoisotopic (exact) mass is 468 g/mol. The normalized spacial score (nSPS) is 13.7. The molecule has 0 fully saturated rings. The second-order valence-electron chi connectivity index (χ2n) is 8.30. The van der Waals surface area contributed by atoms with Crippen molar-refractivity contribution < 1.29 is 38.9 Å². The summed E-state index contributed by atoms with van der Waals surface area (Å²) in [5.74, 6) is -1.51. The lowest BCUT2D eigenvalue weighted by molar-refractivity contribution is -0.140. The molecule has 0 aliphatic heterocycles. The summed E-state index contributed by atoms with van der Waals surface area (Å²) in [6.07, 6.45) is -1.26. The topological polar surface area (TPSA) is 151 Å². The first-order valence-corrected chi connectivity index (χ1v) is 11.8. The Morgan fingerprint density at radius 2 is 1.03 bits per heavy atom. The summed E-state index contributed by atoms with van der Waals surface area (Å²) in [4.78, 5) is 46.0. The van der Waals surface area contributed by atoms with Crippen LogP contribution in [0.4, 0.5) is 9.59 Å². The Hall–Kier alpha value is -1.82. The molecule has 174 valence electrons. The predicted octanol–water partition coefficient (Wildman–Crippen LogP) is 3.10. The molecule has 0 rings (SSSR count). The van der Waals surface area contributed by atoms with E-state index in [9.17, 15) is 29.4 Å². The number of aliphatic carboxylic acids is 2. The van der Waals surface area contributed by atoms with Crippen LogP contribution in [0.5, 0.6) is 0 Å². The van der Waals surface area contributed by atoms with Crippen molar-refractivity contribution in [1.82, 2.24) is 10.6 Å². The minimum atomic E-state index is -1.17. The van der Waals surface area contributed by atoms with Crippen LogP contribution in [0.3, 0.4) is 0 Å². The third-order valence-corrected chi connectivity index (χ3v) is 5.51. The molecule has 30 heavy (non-hydrogen) atoms. The number of hydrogen-bond acceptors (Lipinski definition) is 8. The molecule has 2 amide bonds. The minimum Gasteiger partial charge on any atom is -0.480 e. The number of alkyl carbamates (subject to hydrolysis) is 2. The molecule has 10 nitrogen and oxygen atoms in total. The van der Waals surface area contributed by atoms with E-state index in [1.54, 1.807) is 41.5 Å². The second-order valence-corrected chi connectivity index (χ2v) is 11.0. The zero-order valence-corrected chi connectivity index (χ0v) is 19.8. The van der Waals surface area contributed by atoms with Crippen LogP contribution in [-0.4, -0.2) is 69.1 Å². The maximum absolute atomic E-state index is 11.7. The van der Waals surface area contributed by atoms with Crippen molar-refractivity contribution in [2.24, 2.45) is 0 Å². The maximum atomic E-state index is 11.7. The van der Waals surface area contributed by atoms with Gasteiger partial charge in [0.15, 0.2) is 0 Å². The molecular weight excluding hydrogens is 436 g/mol. The van der Waals surface area contributed by atoms with Crippen molar-refractivity contribution >= 4 is 45.7 Å². The quantitative estimate of drug-likeness (QED) is 0.263. The van der Waals surface area contributed by atoms with Crippen LogP contribution in [0.25, 0.3) is 0 Å². The third kappa shape index (κ3) is 15.1. The van der Waals surface area contributed by atoms with Crippen molar-refractivity contribution in [2.45, 2.75) is 77.7 Å². The molecule has 12 heteroatoms. The summed E-state index contributed by atoms with van der Waals surface area (Å²) in [5, 5.41) is 23.1. The lowest BCUT2D eigenvalue weighted by Gasteiger charge is -2.22. The maximum Gasteiger partial charge on any atom is 0.408 e. The lowest BCUT2D eigenvalue weighted by atomic mass is 10.2. The molecule has 0 bridgehead atoms. The van der Waals surface area contributed by atoms with Gasteiger partial charge in [-0.1, -0.05) is 21.6 Å². The summed E-state index contributed by atoms with van der Waals surface area (Å²) in [7, 11) is 2.69. The largest absolute Gasteiger partial charge is 0.480 e. The van der Waals surface area contributed by atoms with Crippen molar-refractivity contribution in [1.29, 1.82) is 0 Å². The highest BCUT2D eigenvalue weighted by Gasteiger charge is 2.25. The van der Waals surface area contributed by atoms with E-state index in [0.717, 1.165) is 0 Å². The molecule has 0 spiro atoms. The number of hydrogen-bond donors (Lipinski definition) is 4. The smallest absolute Gasteiger partial charge is 0.408 e. The van der Waals surface area contributed by atoms with Gasteiger partial charge in [0.2, 0.25) is 0 Å². The Balaban J connectivity index is 4.28. The average molecular weight is 469 g/mol. The van der Waals surface area contributed by atoms with Crippen molar-refractivity contribution in [3.05, 3.63) is 0 Å². The number of rotatable bonds is 11. The molecule has 0 aromatic carbocycles. The van der Waals surface area contributed by atoms with Gasteiger partial charge in [-0.3, -0.25) is 0 Å². The lowest BCUT2D eigenvalue weighted by Crippen LogP contribution is -2.43. The number of carboxylic acids is 2. The van der Waals surface area contributed by atoms with Crippen molar-refractivity contribution in [2.75, 3.05) is 11.5 Å². The van der Waals surface area contributed by atoms with Gasteiger partial charge in [-0.15, -0.1) is 0 Å². The molecule has 0 aromatic rings. The fourth-order valence-corrected chi connectivity index (χ4v) is 4.05. The highest BCUT2D eigenvalue weighted by Crippen LogP contribution is 2.24. The van der Waals surface area contributed by atoms with Gasteiger partial charge >= 0.3 is 24.1 Å². The Labute approximate surface area is 184 Å². The SMILES string of the molecule is CC(C)(C)OC(=O)N[C@H](CCSSCC[C@@H](NC(=O)OC(C)(C)C)C(=O)O)C(=O)O. The van der Waals surface area contributed by atoms with Crippen LogP contribution in [0, 0.1) is 0 Å². The standard InChI is InChI=1S/C18H32N2O8S2/c1-17(2,3)27-15(25)19-11(13(21)22)7-9-29-30-10-8-12(14(23)24)20-16(26)28-18(4,5)6/h11-12H,7-10H2,1-6H3,(H,19,25)(H,20,26)(H,21,22)(H,23,24)/t11-,12-/m1/s1. The van der Waals surface area contributed by atoms with E-state index < -0.39 is 47.4 Å². The van der Waals surface area contributed by atoms with E-state index in [2.05, 4.69) is 10.6 Å². The van der Waals surface area contributed by atoms with E-state index in [0.29, 0.717) is 11.5 Å². The van der Waals surface area contributed by atoms with E-state index in [4.69, 9.17) is 9.47 Å². The van der Waals surface area contributed by atoms with Crippen LogP contribution in [0.2, 0.25) is 0 Å². The summed E-state index contributed by atoms with van der Waals surface area (Å²) < 4.78 is 10.1. The summed E-state index contributed by atoms with van der Waals surface area (Å²) in [6, 6.07) is -2.18. The fourth-order valence-electron chi connectivity index (χ4n) is 1.86. The number of carbonyl (C=O) groups excluding carboxylic acids is 2. The highest BCUT2D eigenvalue weighted by atomic mass is 33.1. The van der Waals surface area contributed by atoms with Crippen LogP contribution in [-0.2, 0) is 19.1 Å². The first kappa shape index (κ1) is 28.2. The van der Waals surface area contributed by atoms with Crippen molar-refractivity contribution in [3.8, 4) is 0 Å². The number of nitrogens with one attached hydrogen (secondary N) is 2. The first-order chi connectivity index (χ1) is 13.6. The van der Waals surface area contributed by atoms with Gasteiger partial charge in [0, 0.05) is 11.5 Å². The van der Waals surface area contributed by atoms with Crippen LogP contribution in [0.15, 0.2) is 0 Å². The molecule has 0 aromatic heterocycles. The molecule has 4 N–H and O–H groups in total. The zero-order valence-electron chi connectivity index (χ0n) is 18.1. The average Bonchev–Trinajstić information content (AvgIpc) is 2.51. The molecule has 0 saturated heterocycles. The van der Waals surface area contributed by atoms with Gasteiger partial charge in [-0.05, 0) is 54.4 Å². The minimum absolute atomic E-state index is 0.171. The van der Waals surface area contributed by atoms with Crippen LogP contribution in [0.1, 0.15) is 54.4 Å².